The van der Waals surface area contributed by atoms with E-state index in [9.17, 15) is 9.59 Å². The predicted molar refractivity (Wildman–Crippen MR) is 124 cm³/mol. The normalized spacial score (nSPS) is 35.3. The number of amides is 2. The Morgan fingerprint density at radius 1 is 1.06 bits per heavy atom. The number of carbonyl (C=O) groups excluding carboxylic acids is 2. The highest BCUT2D eigenvalue weighted by Gasteiger charge is 2.58. The average molecular weight is 482 g/mol. The van der Waals surface area contributed by atoms with E-state index in [1.54, 1.807) is 6.07 Å². The molecule has 0 radical (unpaired) electrons. The SMILES string of the molecule is NC(=O)C12CC3CC(C1)C(NC(=O)C1(NSc4cccc(Cl)c4Cl)CCCC1)C(C3)C2. The van der Waals surface area contributed by atoms with Crippen molar-refractivity contribution in [2.45, 2.75) is 74.3 Å². The summed E-state index contributed by atoms with van der Waals surface area (Å²) in [6.07, 6.45) is 8.45. The largest absolute Gasteiger partial charge is 0.369 e. The van der Waals surface area contributed by atoms with Crippen LogP contribution in [0.4, 0.5) is 0 Å². The fourth-order valence-electron chi connectivity index (χ4n) is 6.92. The maximum Gasteiger partial charge on any atom is 0.241 e. The van der Waals surface area contributed by atoms with Crippen molar-refractivity contribution >= 4 is 47.0 Å². The lowest BCUT2D eigenvalue weighted by Gasteiger charge is -2.59. The molecule has 168 valence electrons. The summed E-state index contributed by atoms with van der Waals surface area (Å²) in [4.78, 5) is 26.6. The zero-order chi connectivity index (χ0) is 21.8. The summed E-state index contributed by atoms with van der Waals surface area (Å²) in [5.41, 5.74) is 4.88. The molecule has 1 aromatic rings. The van der Waals surface area contributed by atoms with E-state index >= 15 is 0 Å². The summed E-state index contributed by atoms with van der Waals surface area (Å²) < 4.78 is 3.47. The minimum atomic E-state index is -0.605. The smallest absolute Gasteiger partial charge is 0.241 e. The van der Waals surface area contributed by atoms with Gasteiger partial charge in [-0.25, -0.2) is 4.72 Å². The van der Waals surface area contributed by atoms with Gasteiger partial charge in [-0.05, 0) is 86.8 Å². The van der Waals surface area contributed by atoms with Gasteiger partial charge < -0.3 is 11.1 Å². The zero-order valence-corrected chi connectivity index (χ0v) is 19.8. The van der Waals surface area contributed by atoms with Crippen molar-refractivity contribution in [3.63, 3.8) is 0 Å². The van der Waals surface area contributed by atoms with Gasteiger partial charge in [0, 0.05) is 16.4 Å². The van der Waals surface area contributed by atoms with E-state index < -0.39 is 5.54 Å². The van der Waals surface area contributed by atoms with E-state index in [-0.39, 0.29) is 23.3 Å². The van der Waals surface area contributed by atoms with Gasteiger partial charge in [-0.3, -0.25) is 9.59 Å². The second kappa shape index (κ2) is 8.12. The molecule has 0 aromatic heterocycles. The lowest BCUT2D eigenvalue weighted by molar-refractivity contribution is -0.148. The number of rotatable bonds is 6. The van der Waals surface area contributed by atoms with Crippen LogP contribution in [0.1, 0.15) is 57.8 Å². The van der Waals surface area contributed by atoms with Crippen molar-refractivity contribution in [1.82, 2.24) is 10.0 Å². The molecule has 1 aromatic carbocycles. The van der Waals surface area contributed by atoms with E-state index in [1.807, 2.05) is 12.1 Å². The summed E-state index contributed by atoms with van der Waals surface area (Å²) in [7, 11) is 0. The number of carbonyl (C=O) groups is 2. The minimum Gasteiger partial charge on any atom is -0.369 e. The Hall–Kier alpha value is -0.950. The first-order chi connectivity index (χ1) is 14.8. The summed E-state index contributed by atoms with van der Waals surface area (Å²) in [6.45, 7) is 0. The first-order valence-corrected chi connectivity index (χ1v) is 12.9. The Morgan fingerprint density at radius 2 is 1.74 bits per heavy atom. The molecule has 0 saturated heterocycles. The molecule has 2 amide bonds. The van der Waals surface area contributed by atoms with Gasteiger partial charge in [0.1, 0.15) is 5.54 Å². The van der Waals surface area contributed by atoms with Gasteiger partial charge in [0.2, 0.25) is 11.8 Å². The molecule has 4 N–H and O–H groups in total. The Bertz CT molecular complexity index is 889. The molecule has 6 rings (SSSR count). The summed E-state index contributed by atoms with van der Waals surface area (Å²) in [6, 6.07) is 5.68. The lowest BCUT2D eigenvalue weighted by atomic mass is 9.47. The molecule has 0 heterocycles. The van der Waals surface area contributed by atoms with E-state index in [0.29, 0.717) is 27.8 Å². The average Bonchev–Trinajstić information content (AvgIpc) is 3.21. The van der Waals surface area contributed by atoms with Crippen LogP contribution in [0.5, 0.6) is 0 Å². The maximum absolute atomic E-state index is 13.6. The van der Waals surface area contributed by atoms with Crippen molar-refractivity contribution in [3.05, 3.63) is 28.2 Å². The number of primary amides is 1. The second-order valence-electron chi connectivity index (χ2n) is 10.2. The van der Waals surface area contributed by atoms with Crippen molar-refractivity contribution in [2.24, 2.45) is 28.9 Å². The van der Waals surface area contributed by atoms with Crippen molar-refractivity contribution < 1.29 is 9.59 Å². The standard InChI is InChI=1S/C23H29Cl2N3O2S/c24-16-4-3-5-17(18(16)25)31-28-23(6-1-2-7-23)21(30)27-19-14-8-13-9-15(19)12-22(10-13,11-14)20(26)29/h3-5,13-15,19,28H,1-2,6-12H2,(H2,26,29)(H,27,30). The molecule has 5 fully saturated rings. The molecule has 31 heavy (non-hydrogen) atoms. The highest BCUT2D eigenvalue weighted by Crippen LogP contribution is 2.60. The van der Waals surface area contributed by atoms with Crippen LogP contribution < -0.4 is 15.8 Å². The van der Waals surface area contributed by atoms with Crippen LogP contribution >= 0.6 is 35.1 Å². The molecule has 2 atom stereocenters. The fraction of sp³-hybridized carbons (Fsp3) is 0.652. The van der Waals surface area contributed by atoms with Gasteiger partial charge in [-0.15, -0.1) is 0 Å². The molecule has 5 aliphatic rings. The van der Waals surface area contributed by atoms with Gasteiger partial charge >= 0.3 is 0 Å². The number of hydrogen-bond donors (Lipinski definition) is 3. The predicted octanol–water partition coefficient (Wildman–Crippen LogP) is 4.70. The third-order valence-corrected chi connectivity index (χ3v) is 10.2. The molecular weight excluding hydrogens is 453 g/mol. The third-order valence-electron chi connectivity index (χ3n) is 8.26. The van der Waals surface area contributed by atoms with Crippen LogP contribution in [0.3, 0.4) is 0 Å². The Labute approximate surface area is 197 Å². The Kier molecular flexibility index (Phi) is 5.73. The van der Waals surface area contributed by atoms with Gasteiger partial charge in [0.15, 0.2) is 0 Å². The highest BCUT2D eigenvalue weighted by atomic mass is 35.5. The van der Waals surface area contributed by atoms with E-state index in [4.69, 9.17) is 28.9 Å². The highest BCUT2D eigenvalue weighted by molar-refractivity contribution is 7.97. The van der Waals surface area contributed by atoms with E-state index in [2.05, 4.69) is 10.0 Å². The molecule has 5 nitrogen and oxygen atoms in total. The number of benzene rings is 1. The van der Waals surface area contributed by atoms with Crippen molar-refractivity contribution in [1.29, 1.82) is 0 Å². The lowest BCUT2D eigenvalue weighted by Crippen LogP contribution is -2.65. The topological polar surface area (TPSA) is 84.2 Å². The number of halogens is 2. The van der Waals surface area contributed by atoms with Crippen molar-refractivity contribution in [3.8, 4) is 0 Å². The molecule has 2 unspecified atom stereocenters. The number of hydrogen-bond acceptors (Lipinski definition) is 4. The third kappa shape index (κ3) is 3.77. The van der Waals surface area contributed by atoms with Gasteiger partial charge in [0.05, 0.1) is 10.0 Å². The number of nitrogens with one attached hydrogen (secondary N) is 2. The summed E-state index contributed by atoms with van der Waals surface area (Å²) >= 11 is 13.9. The summed E-state index contributed by atoms with van der Waals surface area (Å²) in [5.74, 6) is 1.24. The van der Waals surface area contributed by atoms with Crippen LogP contribution in [-0.4, -0.2) is 23.4 Å². The second-order valence-corrected chi connectivity index (χ2v) is 11.8. The van der Waals surface area contributed by atoms with Gasteiger partial charge in [0.25, 0.3) is 0 Å². The van der Waals surface area contributed by atoms with Crippen LogP contribution in [0.25, 0.3) is 0 Å². The monoisotopic (exact) mass is 481 g/mol. The maximum atomic E-state index is 13.6. The van der Waals surface area contributed by atoms with Gasteiger partial charge in [-0.2, -0.15) is 0 Å². The summed E-state index contributed by atoms with van der Waals surface area (Å²) in [5, 5.41) is 4.45. The zero-order valence-electron chi connectivity index (χ0n) is 17.5. The molecule has 8 heteroatoms. The first kappa shape index (κ1) is 21.9. The van der Waals surface area contributed by atoms with E-state index in [0.717, 1.165) is 62.7 Å². The quantitative estimate of drug-likeness (QED) is 0.514. The van der Waals surface area contributed by atoms with Crippen LogP contribution in [0.2, 0.25) is 10.0 Å². The minimum absolute atomic E-state index is 0.0845. The van der Waals surface area contributed by atoms with Crippen molar-refractivity contribution in [2.75, 3.05) is 0 Å². The molecule has 4 bridgehead atoms. The fourth-order valence-corrected chi connectivity index (χ4v) is 8.34. The number of nitrogens with two attached hydrogens (primary N) is 1. The van der Waals surface area contributed by atoms with Crippen LogP contribution in [0, 0.1) is 23.2 Å². The van der Waals surface area contributed by atoms with Crippen LogP contribution in [-0.2, 0) is 9.59 Å². The Morgan fingerprint density at radius 3 is 2.39 bits per heavy atom. The molecular formula is C23H29Cl2N3O2S. The molecule has 5 saturated carbocycles. The Balaban J connectivity index is 1.30. The van der Waals surface area contributed by atoms with Gasteiger partial charge in [-0.1, -0.05) is 42.1 Å². The molecule has 0 spiro atoms. The molecule has 5 aliphatic carbocycles. The first-order valence-electron chi connectivity index (χ1n) is 11.3. The van der Waals surface area contributed by atoms with E-state index in [1.165, 1.54) is 11.9 Å². The van der Waals surface area contributed by atoms with Crippen LogP contribution in [0.15, 0.2) is 23.1 Å². The molecule has 0 aliphatic heterocycles.